The molecule has 0 fully saturated rings. The minimum atomic E-state index is 0.467. The van der Waals surface area contributed by atoms with Crippen LogP contribution in [0.25, 0.3) is 21.9 Å². The zero-order chi connectivity index (χ0) is 15.8. The van der Waals surface area contributed by atoms with Gasteiger partial charge < -0.3 is 8.83 Å². The Morgan fingerprint density at radius 1 is 0.652 bits per heavy atom. The van der Waals surface area contributed by atoms with E-state index in [0.29, 0.717) is 9.41 Å². The van der Waals surface area contributed by atoms with Crippen molar-refractivity contribution in [3.05, 3.63) is 70.1 Å². The average molecular weight is 354 g/mol. The first kappa shape index (κ1) is 14.6. The number of rotatable bonds is 2. The van der Waals surface area contributed by atoms with Crippen molar-refractivity contribution in [3.8, 4) is 0 Å². The maximum atomic E-state index is 5.61. The maximum absolute atomic E-state index is 5.61. The maximum Gasteiger partial charge on any atom is 0.191 e. The van der Waals surface area contributed by atoms with Gasteiger partial charge in [-0.1, -0.05) is 48.2 Å². The minimum absolute atomic E-state index is 0.467. The summed E-state index contributed by atoms with van der Waals surface area (Å²) in [7, 11) is 0. The van der Waals surface area contributed by atoms with Gasteiger partial charge in [0.15, 0.2) is 9.41 Å². The molecule has 2 heterocycles. The van der Waals surface area contributed by atoms with Crippen LogP contribution >= 0.6 is 36.2 Å². The van der Waals surface area contributed by atoms with Crippen molar-refractivity contribution < 1.29 is 8.83 Å². The van der Waals surface area contributed by atoms with E-state index in [1.807, 2.05) is 60.7 Å². The van der Waals surface area contributed by atoms with Crippen LogP contribution in [0.5, 0.6) is 0 Å². The second kappa shape index (κ2) is 5.92. The molecule has 0 saturated carbocycles. The van der Waals surface area contributed by atoms with Crippen LogP contribution < -0.4 is 0 Å². The Balaban J connectivity index is 1.95. The molecule has 2 aromatic heterocycles. The van der Waals surface area contributed by atoms with E-state index in [1.54, 1.807) is 11.8 Å². The first-order chi connectivity index (χ1) is 11.2. The molecule has 112 valence electrons. The third-order valence-electron chi connectivity index (χ3n) is 3.44. The third-order valence-corrected chi connectivity index (χ3v) is 4.96. The summed E-state index contributed by atoms with van der Waals surface area (Å²) in [5.74, 6) is 0. The van der Waals surface area contributed by atoms with Crippen molar-refractivity contribution in [1.82, 2.24) is 0 Å². The van der Waals surface area contributed by atoms with Crippen molar-refractivity contribution >= 4 is 58.1 Å². The Hall–Kier alpha value is -1.95. The Kier molecular flexibility index (Phi) is 3.77. The number of hydrogen-bond acceptors (Lipinski definition) is 5. The number of benzene rings is 2. The highest BCUT2D eigenvalue weighted by molar-refractivity contribution is 7.99. The zero-order valence-corrected chi connectivity index (χ0v) is 14.3. The van der Waals surface area contributed by atoms with Crippen LogP contribution in [0.4, 0.5) is 0 Å². The van der Waals surface area contributed by atoms with Crippen molar-refractivity contribution in [3.63, 3.8) is 0 Å². The lowest BCUT2D eigenvalue weighted by Gasteiger charge is -2.08. The van der Waals surface area contributed by atoms with Crippen LogP contribution in [-0.2, 0) is 0 Å². The summed E-state index contributed by atoms with van der Waals surface area (Å²) in [6.45, 7) is 0. The summed E-state index contributed by atoms with van der Waals surface area (Å²) in [6, 6.07) is 19.5. The van der Waals surface area contributed by atoms with E-state index in [-0.39, 0.29) is 0 Å². The highest BCUT2D eigenvalue weighted by atomic mass is 32.2. The molecule has 4 aromatic rings. The standard InChI is InChI=1S/C18H10O2S3/c21-17-9-15(11-5-1-3-7-13(11)19-17)23-16-10-18(22)20-14-8-4-2-6-12(14)16/h1-10H. The lowest BCUT2D eigenvalue weighted by Crippen LogP contribution is -1.82. The fourth-order valence-electron chi connectivity index (χ4n) is 2.45. The molecule has 2 aromatic carbocycles. The summed E-state index contributed by atoms with van der Waals surface area (Å²) < 4.78 is 12.2. The fraction of sp³-hybridized carbons (Fsp3) is 0. The molecule has 0 amide bonds. The average Bonchev–Trinajstić information content (AvgIpc) is 2.54. The summed E-state index contributed by atoms with van der Waals surface area (Å²) in [5.41, 5.74) is 1.57. The zero-order valence-electron chi connectivity index (χ0n) is 11.8. The molecule has 0 unspecified atom stereocenters. The molecule has 0 aliphatic rings. The molecule has 0 spiro atoms. The number of fused-ring (bicyclic) bond motifs is 2. The van der Waals surface area contributed by atoms with Crippen LogP contribution in [0.2, 0.25) is 0 Å². The van der Waals surface area contributed by atoms with E-state index in [0.717, 1.165) is 31.7 Å². The molecule has 0 N–H and O–H groups in total. The molecule has 0 radical (unpaired) electrons. The molecule has 4 rings (SSSR count). The van der Waals surface area contributed by atoms with E-state index in [2.05, 4.69) is 0 Å². The van der Waals surface area contributed by atoms with Gasteiger partial charge >= 0.3 is 0 Å². The van der Waals surface area contributed by atoms with Gasteiger partial charge in [-0.2, -0.15) is 0 Å². The van der Waals surface area contributed by atoms with E-state index >= 15 is 0 Å². The topological polar surface area (TPSA) is 26.3 Å². The van der Waals surface area contributed by atoms with Gasteiger partial charge in [-0.25, -0.2) is 0 Å². The molecule has 2 nitrogen and oxygen atoms in total. The highest BCUT2D eigenvalue weighted by Gasteiger charge is 2.09. The van der Waals surface area contributed by atoms with Crippen molar-refractivity contribution in [2.24, 2.45) is 0 Å². The van der Waals surface area contributed by atoms with Gasteiger partial charge in [0, 0.05) is 32.7 Å². The Morgan fingerprint density at radius 3 is 1.57 bits per heavy atom. The molecule has 0 atom stereocenters. The quantitative estimate of drug-likeness (QED) is 0.369. The monoisotopic (exact) mass is 354 g/mol. The van der Waals surface area contributed by atoms with Gasteiger partial charge in [-0.05, 0) is 36.6 Å². The summed E-state index contributed by atoms with van der Waals surface area (Å²) >= 11 is 12.1. The van der Waals surface area contributed by atoms with Gasteiger partial charge in [-0.15, -0.1) is 0 Å². The molecule has 0 bridgehead atoms. The van der Waals surface area contributed by atoms with Crippen molar-refractivity contribution in [2.45, 2.75) is 9.79 Å². The normalized spacial score (nSPS) is 11.1. The van der Waals surface area contributed by atoms with Gasteiger partial charge in [0.2, 0.25) is 0 Å². The van der Waals surface area contributed by atoms with E-state index < -0.39 is 0 Å². The predicted molar refractivity (Wildman–Crippen MR) is 98.2 cm³/mol. The van der Waals surface area contributed by atoms with Crippen LogP contribution in [0.3, 0.4) is 0 Å². The van der Waals surface area contributed by atoms with Crippen LogP contribution in [0.15, 0.2) is 79.3 Å². The number of para-hydroxylation sites is 2. The minimum Gasteiger partial charge on any atom is -0.445 e. The third kappa shape index (κ3) is 2.83. The second-order valence-electron chi connectivity index (χ2n) is 4.95. The van der Waals surface area contributed by atoms with Gasteiger partial charge in [-0.3, -0.25) is 0 Å². The van der Waals surface area contributed by atoms with Gasteiger partial charge in [0.1, 0.15) is 11.2 Å². The van der Waals surface area contributed by atoms with Crippen molar-refractivity contribution in [1.29, 1.82) is 0 Å². The highest BCUT2D eigenvalue weighted by Crippen LogP contribution is 2.37. The van der Waals surface area contributed by atoms with Crippen LogP contribution in [0.1, 0.15) is 0 Å². The van der Waals surface area contributed by atoms with Crippen LogP contribution in [-0.4, -0.2) is 0 Å². The molecule has 23 heavy (non-hydrogen) atoms. The Morgan fingerprint density at radius 2 is 1.09 bits per heavy atom. The molecule has 0 aliphatic carbocycles. The first-order valence-corrected chi connectivity index (χ1v) is 8.58. The Labute approximate surface area is 146 Å². The molecule has 0 saturated heterocycles. The van der Waals surface area contributed by atoms with E-state index in [9.17, 15) is 0 Å². The van der Waals surface area contributed by atoms with Crippen molar-refractivity contribution in [2.75, 3.05) is 0 Å². The summed E-state index contributed by atoms with van der Waals surface area (Å²) in [6.07, 6.45) is 0. The number of hydrogen-bond donors (Lipinski definition) is 0. The first-order valence-electron chi connectivity index (χ1n) is 6.94. The summed E-state index contributed by atoms with van der Waals surface area (Å²) in [5, 5.41) is 2.06. The fourth-order valence-corrected chi connectivity index (χ4v) is 4.14. The molecule has 5 heteroatoms. The molecular formula is C18H10O2S3. The predicted octanol–water partition coefficient (Wildman–Crippen LogP) is 6.79. The molecular weight excluding hydrogens is 344 g/mol. The lowest BCUT2D eigenvalue weighted by molar-refractivity contribution is 0.582. The second-order valence-corrected chi connectivity index (χ2v) is 6.84. The van der Waals surface area contributed by atoms with Gasteiger partial charge in [0.25, 0.3) is 0 Å². The summed E-state index contributed by atoms with van der Waals surface area (Å²) in [4.78, 5) is 2.09. The smallest absolute Gasteiger partial charge is 0.191 e. The lowest BCUT2D eigenvalue weighted by atomic mass is 10.2. The van der Waals surface area contributed by atoms with Gasteiger partial charge in [0.05, 0.1) is 0 Å². The SMILES string of the molecule is S=c1cc(Sc2cc(=S)oc3ccccc23)c2ccccc2o1. The largest absolute Gasteiger partial charge is 0.445 e. The van der Waals surface area contributed by atoms with Crippen LogP contribution in [0, 0.1) is 9.41 Å². The van der Waals surface area contributed by atoms with E-state index in [4.69, 9.17) is 33.3 Å². The Bertz CT molecular complexity index is 1050. The van der Waals surface area contributed by atoms with E-state index in [1.165, 1.54) is 0 Å². The molecule has 0 aliphatic heterocycles.